The van der Waals surface area contributed by atoms with Crippen molar-refractivity contribution in [2.75, 3.05) is 19.8 Å². The van der Waals surface area contributed by atoms with Crippen LogP contribution in [0.2, 0.25) is 0 Å². The molecule has 0 spiro atoms. The predicted octanol–water partition coefficient (Wildman–Crippen LogP) is 4.16. The molecule has 3 rings (SSSR count). The highest BCUT2D eigenvalue weighted by atomic mass is 16.5. The summed E-state index contributed by atoms with van der Waals surface area (Å²) < 4.78 is 5.69. The number of hydrogen-bond acceptors (Lipinski definition) is 2. The molecule has 114 valence electrons. The zero-order valence-corrected chi connectivity index (χ0v) is 13.1. The third kappa shape index (κ3) is 3.65. The number of hydrogen-bond donors (Lipinski definition) is 0. The lowest BCUT2D eigenvalue weighted by Gasteiger charge is -2.38. The highest BCUT2D eigenvalue weighted by molar-refractivity contribution is 5.49. The van der Waals surface area contributed by atoms with Crippen molar-refractivity contribution in [3.8, 4) is 0 Å². The SMILES string of the molecule is CC(c1ccccc1)N1CCOCC1/C=C/c1ccccc1. The van der Waals surface area contributed by atoms with Crippen molar-refractivity contribution in [1.29, 1.82) is 0 Å². The first kappa shape index (κ1) is 15.0. The van der Waals surface area contributed by atoms with Crippen LogP contribution in [0.1, 0.15) is 24.1 Å². The Balaban J connectivity index is 1.75. The molecule has 0 amide bonds. The van der Waals surface area contributed by atoms with Gasteiger partial charge in [-0.3, -0.25) is 4.90 Å². The molecule has 1 fully saturated rings. The molecule has 2 unspecified atom stereocenters. The molecule has 1 aliphatic rings. The van der Waals surface area contributed by atoms with E-state index in [4.69, 9.17) is 4.74 Å². The molecule has 1 aliphatic heterocycles. The molecule has 1 saturated heterocycles. The van der Waals surface area contributed by atoms with Crippen molar-refractivity contribution < 1.29 is 4.74 Å². The van der Waals surface area contributed by atoms with Gasteiger partial charge in [-0.05, 0) is 18.1 Å². The lowest BCUT2D eigenvalue weighted by molar-refractivity contribution is -0.00820. The molecule has 0 saturated carbocycles. The van der Waals surface area contributed by atoms with Gasteiger partial charge in [-0.15, -0.1) is 0 Å². The Morgan fingerprint density at radius 1 is 1.05 bits per heavy atom. The van der Waals surface area contributed by atoms with Gasteiger partial charge in [0.25, 0.3) is 0 Å². The molecular formula is C20H23NO. The van der Waals surface area contributed by atoms with E-state index < -0.39 is 0 Å². The monoisotopic (exact) mass is 293 g/mol. The second-order valence-electron chi connectivity index (χ2n) is 5.74. The first-order valence-electron chi connectivity index (χ1n) is 7.96. The van der Waals surface area contributed by atoms with E-state index in [0.717, 1.165) is 19.8 Å². The van der Waals surface area contributed by atoms with Gasteiger partial charge in [-0.25, -0.2) is 0 Å². The standard InChI is InChI=1S/C20H23NO/c1-17(19-10-6-3-7-11-19)21-14-15-22-16-20(21)13-12-18-8-4-2-5-9-18/h2-13,17,20H,14-16H2,1H3/b13-12+. The van der Waals surface area contributed by atoms with Gasteiger partial charge >= 0.3 is 0 Å². The normalized spacial score (nSPS) is 21.0. The van der Waals surface area contributed by atoms with Gasteiger partial charge in [0.2, 0.25) is 0 Å². The van der Waals surface area contributed by atoms with Crippen LogP contribution in [-0.4, -0.2) is 30.7 Å². The van der Waals surface area contributed by atoms with Crippen LogP contribution in [0.3, 0.4) is 0 Å². The fourth-order valence-electron chi connectivity index (χ4n) is 2.99. The minimum absolute atomic E-state index is 0.323. The Morgan fingerprint density at radius 2 is 1.73 bits per heavy atom. The summed E-state index contributed by atoms with van der Waals surface area (Å²) in [5, 5.41) is 0. The Bertz CT molecular complexity index is 594. The molecule has 0 radical (unpaired) electrons. The largest absolute Gasteiger partial charge is 0.378 e. The van der Waals surface area contributed by atoms with E-state index >= 15 is 0 Å². The predicted molar refractivity (Wildman–Crippen MR) is 91.6 cm³/mol. The molecule has 2 aromatic carbocycles. The van der Waals surface area contributed by atoms with Gasteiger partial charge < -0.3 is 4.74 Å². The number of rotatable bonds is 4. The summed E-state index contributed by atoms with van der Waals surface area (Å²) in [6, 6.07) is 21.9. The summed E-state index contributed by atoms with van der Waals surface area (Å²) in [7, 11) is 0. The van der Waals surface area contributed by atoms with Crippen molar-refractivity contribution in [1.82, 2.24) is 4.90 Å². The quantitative estimate of drug-likeness (QED) is 0.839. The fourth-order valence-corrected chi connectivity index (χ4v) is 2.99. The third-order valence-corrected chi connectivity index (χ3v) is 4.30. The summed E-state index contributed by atoms with van der Waals surface area (Å²) in [5.74, 6) is 0. The van der Waals surface area contributed by atoms with E-state index in [1.807, 2.05) is 6.07 Å². The topological polar surface area (TPSA) is 12.5 Å². The van der Waals surface area contributed by atoms with Gasteiger partial charge in [-0.2, -0.15) is 0 Å². The minimum atomic E-state index is 0.323. The zero-order valence-electron chi connectivity index (χ0n) is 13.1. The van der Waals surface area contributed by atoms with E-state index in [-0.39, 0.29) is 0 Å². The number of ether oxygens (including phenoxy) is 1. The lowest BCUT2D eigenvalue weighted by Crippen LogP contribution is -2.45. The summed E-state index contributed by atoms with van der Waals surface area (Å²) >= 11 is 0. The number of morpholine rings is 1. The van der Waals surface area contributed by atoms with Gasteiger partial charge in [-0.1, -0.05) is 72.8 Å². The molecule has 2 atom stereocenters. The molecule has 0 N–H and O–H groups in total. The van der Waals surface area contributed by atoms with Crippen molar-refractivity contribution in [3.63, 3.8) is 0 Å². The van der Waals surface area contributed by atoms with E-state index in [9.17, 15) is 0 Å². The summed E-state index contributed by atoms with van der Waals surface area (Å²) in [4.78, 5) is 2.53. The van der Waals surface area contributed by atoms with Crippen LogP contribution in [0.15, 0.2) is 66.7 Å². The lowest BCUT2D eigenvalue weighted by atomic mass is 10.0. The second kappa shape index (κ2) is 7.39. The van der Waals surface area contributed by atoms with Crippen LogP contribution < -0.4 is 0 Å². The molecule has 0 aliphatic carbocycles. The van der Waals surface area contributed by atoms with Crippen molar-refractivity contribution >= 4 is 6.08 Å². The summed E-state index contributed by atoms with van der Waals surface area (Å²) in [6.07, 6.45) is 4.47. The molecular weight excluding hydrogens is 270 g/mol. The molecule has 0 aromatic heterocycles. The van der Waals surface area contributed by atoms with Gasteiger partial charge in [0.15, 0.2) is 0 Å². The second-order valence-corrected chi connectivity index (χ2v) is 5.74. The molecule has 0 bridgehead atoms. The van der Waals surface area contributed by atoms with Crippen molar-refractivity contribution in [2.45, 2.75) is 19.0 Å². The highest BCUT2D eigenvalue weighted by Gasteiger charge is 2.25. The van der Waals surface area contributed by atoms with Gasteiger partial charge in [0.05, 0.1) is 19.3 Å². The average Bonchev–Trinajstić information content (AvgIpc) is 2.61. The number of benzene rings is 2. The van der Waals surface area contributed by atoms with Crippen LogP contribution in [0.25, 0.3) is 6.08 Å². The van der Waals surface area contributed by atoms with Crippen molar-refractivity contribution in [2.24, 2.45) is 0 Å². The maximum Gasteiger partial charge on any atom is 0.0658 e. The van der Waals surface area contributed by atoms with Crippen LogP contribution in [-0.2, 0) is 4.74 Å². The third-order valence-electron chi connectivity index (χ3n) is 4.30. The smallest absolute Gasteiger partial charge is 0.0658 e. The van der Waals surface area contributed by atoms with E-state index in [1.165, 1.54) is 11.1 Å². The molecule has 1 heterocycles. The van der Waals surface area contributed by atoms with E-state index in [1.54, 1.807) is 0 Å². The summed E-state index contributed by atoms with van der Waals surface area (Å²) in [6.45, 7) is 4.83. The minimum Gasteiger partial charge on any atom is -0.378 e. The van der Waals surface area contributed by atoms with Gasteiger partial charge in [0, 0.05) is 12.6 Å². The Morgan fingerprint density at radius 3 is 2.45 bits per heavy atom. The fraction of sp³-hybridized carbons (Fsp3) is 0.300. The van der Waals surface area contributed by atoms with E-state index in [0.29, 0.717) is 12.1 Å². The van der Waals surface area contributed by atoms with Crippen molar-refractivity contribution in [3.05, 3.63) is 77.9 Å². The maximum atomic E-state index is 5.69. The Hall–Kier alpha value is -1.90. The molecule has 22 heavy (non-hydrogen) atoms. The average molecular weight is 293 g/mol. The zero-order chi connectivity index (χ0) is 15.2. The molecule has 2 nitrogen and oxygen atoms in total. The summed E-state index contributed by atoms with van der Waals surface area (Å²) in [5.41, 5.74) is 2.60. The van der Waals surface area contributed by atoms with Crippen LogP contribution >= 0.6 is 0 Å². The van der Waals surface area contributed by atoms with Crippen LogP contribution in [0.5, 0.6) is 0 Å². The van der Waals surface area contributed by atoms with E-state index in [2.05, 4.69) is 78.6 Å². The Kier molecular flexibility index (Phi) is 5.04. The van der Waals surface area contributed by atoms with Gasteiger partial charge in [0.1, 0.15) is 0 Å². The first-order chi connectivity index (χ1) is 10.8. The first-order valence-corrected chi connectivity index (χ1v) is 7.96. The maximum absolute atomic E-state index is 5.69. The Labute approximate surface area is 133 Å². The van der Waals surface area contributed by atoms with Crippen LogP contribution in [0, 0.1) is 0 Å². The highest BCUT2D eigenvalue weighted by Crippen LogP contribution is 2.25. The number of nitrogens with zero attached hydrogens (tertiary/aromatic N) is 1. The molecule has 2 aromatic rings. The molecule has 2 heteroatoms. The van der Waals surface area contributed by atoms with Crippen LogP contribution in [0.4, 0.5) is 0 Å².